The van der Waals surface area contributed by atoms with E-state index in [0.717, 1.165) is 22.4 Å². The summed E-state index contributed by atoms with van der Waals surface area (Å²) in [7, 11) is -2.02. The smallest absolute Gasteiger partial charge is 0.240 e. The number of hydrogen-bond donors (Lipinski definition) is 1. The van der Waals surface area contributed by atoms with Gasteiger partial charge in [0.25, 0.3) is 0 Å². The minimum Gasteiger partial charge on any atom is -0.496 e. The number of benzene rings is 2. The lowest BCUT2D eigenvalue weighted by Crippen LogP contribution is -2.28. The molecule has 0 atom stereocenters. The first-order valence-corrected chi connectivity index (χ1v) is 9.58. The van der Waals surface area contributed by atoms with Gasteiger partial charge in [0.15, 0.2) is 0 Å². The van der Waals surface area contributed by atoms with Gasteiger partial charge < -0.3 is 9.47 Å². The van der Waals surface area contributed by atoms with Crippen LogP contribution in [-0.2, 0) is 10.0 Å². The van der Waals surface area contributed by atoms with Gasteiger partial charge in [0, 0.05) is 6.54 Å². The predicted molar refractivity (Wildman–Crippen MR) is 99.1 cm³/mol. The first-order chi connectivity index (χ1) is 11.7. The fourth-order valence-electron chi connectivity index (χ4n) is 2.82. The average molecular weight is 363 g/mol. The van der Waals surface area contributed by atoms with Crippen LogP contribution in [0.5, 0.6) is 11.5 Å². The Bertz CT molecular complexity index is 837. The third-order valence-corrected chi connectivity index (χ3v) is 5.38. The highest BCUT2D eigenvalue weighted by Gasteiger charge is 2.15. The molecule has 25 heavy (non-hydrogen) atoms. The van der Waals surface area contributed by atoms with Gasteiger partial charge in [-0.2, -0.15) is 0 Å². The maximum absolute atomic E-state index is 12.4. The quantitative estimate of drug-likeness (QED) is 0.767. The van der Waals surface area contributed by atoms with Crippen molar-refractivity contribution < 1.29 is 17.9 Å². The minimum atomic E-state index is -3.57. The molecule has 0 radical (unpaired) electrons. The van der Waals surface area contributed by atoms with Gasteiger partial charge in [0.2, 0.25) is 10.0 Å². The number of ether oxygens (including phenoxy) is 2. The average Bonchev–Trinajstić information content (AvgIpc) is 2.53. The van der Waals surface area contributed by atoms with Crippen LogP contribution in [0.15, 0.2) is 35.2 Å². The van der Waals surface area contributed by atoms with Crippen molar-refractivity contribution in [1.82, 2.24) is 4.72 Å². The molecule has 6 heteroatoms. The predicted octanol–water partition coefficient (Wildman–Crippen LogP) is 3.29. The summed E-state index contributed by atoms with van der Waals surface area (Å²) in [6, 6.07) is 8.87. The molecule has 2 aromatic rings. The molecule has 0 aromatic heterocycles. The molecule has 0 fully saturated rings. The highest BCUT2D eigenvalue weighted by molar-refractivity contribution is 7.89. The van der Waals surface area contributed by atoms with Gasteiger partial charge in [-0.3, -0.25) is 0 Å². The highest BCUT2D eigenvalue weighted by atomic mass is 32.2. The van der Waals surface area contributed by atoms with Crippen LogP contribution in [-0.4, -0.2) is 28.7 Å². The number of methoxy groups -OCH3 is 1. The van der Waals surface area contributed by atoms with Gasteiger partial charge in [-0.1, -0.05) is 17.7 Å². The first-order valence-electron chi connectivity index (χ1n) is 8.09. The van der Waals surface area contributed by atoms with Crippen molar-refractivity contribution in [2.24, 2.45) is 0 Å². The van der Waals surface area contributed by atoms with E-state index in [1.54, 1.807) is 19.2 Å². The summed E-state index contributed by atoms with van der Waals surface area (Å²) in [6.45, 7) is 8.28. The van der Waals surface area contributed by atoms with E-state index in [4.69, 9.17) is 9.47 Å². The summed E-state index contributed by atoms with van der Waals surface area (Å²) >= 11 is 0. The van der Waals surface area contributed by atoms with Crippen molar-refractivity contribution >= 4 is 10.0 Å². The van der Waals surface area contributed by atoms with E-state index in [-0.39, 0.29) is 18.0 Å². The van der Waals surface area contributed by atoms with E-state index >= 15 is 0 Å². The number of hydrogen-bond acceptors (Lipinski definition) is 4. The molecule has 0 bridgehead atoms. The standard InChI is InChI=1S/C19H25NO4S/c1-13-10-15(3)19(16(4)11-13)24-9-8-20-25(21,22)17-6-7-18(23-5)14(2)12-17/h6-7,10-12,20H,8-9H2,1-5H3. The molecular weight excluding hydrogens is 338 g/mol. The monoisotopic (exact) mass is 363 g/mol. The van der Waals surface area contributed by atoms with E-state index in [1.165, 1.54) is 11.6 Å². The molecule has 0 saturated carbocycles. The normalized spacial score (nSPS) is 11.4. The van der Waals surface area contributed by atoms with Gasteiger partial charge in [0.05, 0.1) is 12.0 Å². The van der Waals surface area contributed by atoms with Gasteiger partial charge in [-0.15, -0.1) is 0 Å². The van der Waals surface area contributed by atoms with Gasteiger partial charge in [-0.05, 0) is 62.6 Å². The summed E-state index contributed by atoms with van der Waals surface area (Å²) in [5.41, 5.74) is 4.04. The summed E-state index contributed by atoms with van der Waals surface area (Å²) in [5, 5.41) is 0. The zero-order valence-corrected chi connectivity index (χ0v) is 16.2. The van der Waals surface area contributed by atoms with Crippen LogP contribution >= 0.6 is 0 Å². The summed E-state index contributed by atoms with van der Waals surface area (Å²) in [5.74, 6) is 1.47. The molecule has 2 rings (SSSR count). The number of aryl methyl sites for hydroxylation is 4. The SMILES string of the molecule is COc1ccc(S(=O)(=O)NCCOc2c(C)cc(C)cc2C)cc1C. The zero-order chi connectivity index (χ0) is 18.6. The molecule has 0 spiro atoms. The third kappa shape index (κ3) is 4.74. The Morgan fingerprint density at radius 2 is 1.60 bits per heavy atom. The van der Waals surface area contributed by atoms with Crippen LogP contribution in [0.3, 0.4) is 0 Å². The largest absolute Gasteiger partial charge is 0.496 e. The van der Waals surface area contributed by atoms with Crippen LogP contribution < -0.4 is 14.2 Å². The summed E-state index contributed by atoms with van der Waals surface area (Å²) in [6.07, 6.45) is 0. The van der Waals surface area contributed by atoms with Gasteiger partial charge in [0.1, 0.15) is 18.1 Å². The lowest BCUT2D eigenvalue weighted by molar-refractivity contribution is 0.318. The topological polar surface area (TPSA) is 64.6 Å². The second-order valence-electron chi connectivity index (χ2n) is 6.11. The maximum Gasteiger partial charge on any atom is 0.240 e. The number of rotatable bonds is 7. The second-order valence-corrected chi connectivity index (χ2v) is 7.87. The summed E-state index contributed by atoms with van der Waals surface area (Å²) in [4.78, 5) is 0.216. The molecule has 136 valence electrons. The Kier molecular flexibility index (Phi) is 6.08. The lowest BCUT2D eigenvalue weighted by atomic mass is 10.1. The molecule has 0 aliphatic heterocycles. The molecule has 1 N–H and O–H groups in total. The molecule has 0 amide bonds. The van der Waals surface area contributed by atoms with Crippen molar-refractivity contribution in [1.29, 1.82) is 0 Å². The Morgan fingerprint density at radius 1 is 0.960 bits per heavy atom. The van der Waals surface area contributed by atoms with Crippen molar-refractivity contribution in [2.45, 2.75) is 32.6 Å². The number of nitrogens with one attached hydrogen (secondary N) is 1. The maximum atomic E-state index is 12.4. The van der Waals surface area contributed by atoms with E-state index < -0.39 is 10.0 Å². The molecule has 5 nitrogen and oxygen atoms in total. The zero-order valence-electron chi connectivity index (χ0n) is 15.3. The fraction of sp³-hybridized carbons (Fsp3) is 0.368. The minimum absolute atomic E-state index is 0.195. The first kappa shape index (κ1) is 19.3. The Labute approximate surface area is 150 Å². The summed E-state index contributed by atoms with van der Waals surface area (Å²) < 4.78 is 38.2. The molecule has 0 unspecified atom stereocenters. The highest BCUT2D eigenvalue weighted by Crippen LogP contribution is 2.24. The second kappa shape index (κ2) is 7.89. The van der Waals surface area contributed by atoms with E-state index in [1.807, 2.05) is 39.8 Å². The number of sulfonamides is 1. The molecule has 0 saturated heterocycles. The van der Waals surface area contributed by atoms with Crippen LogP contribution in [0.1, 0.15) is 22.3 Å². The molecule has 2 aromatic carbocycles. The van der Waals surface area contributed by atoms with Crippen molar-refractivity contribution in [3.05, 3.63) is 52.6 Å². The lowest BCUT2D eigenvalue weighted by Gasteiger charge is -2.14. The van der Waals surface area contributed by atoms with Crippen molar-refractivity contribution in [3.63, 3.8) is 0 Å². The van der Waals surface area contributed by atoms with Crippen LogP contribution in [0, 0.1) is 27.7 Å². The van der Waals surface area contributed by atoms with Crippen LogP contribution in [0.25, 0.3) is 0 Å². The third-order valence-electron chi connectivity index (χ3n) is 3.92. The molecule has 0 aliphatic rings. The van der Waals surface area contributed by atoms with E-state index in [0.29, 0.717) is 5.75 Å². The van der Waals surface area contributed by atoms with Gasteiger partial charge >= 0.3 is 0 Å². The van der Waals surface area contributed by atoms with Crippen LogP contribution in [0.4, 0.5) is 0 Å². The van der Waals surface area contributed by atoms with E-state index in [9.17, 15) is 8.42 Å². The fourth-order valence-corrected chi connectivity index (χ4v) is 3.92. The Balaban J connectivity index is 1.98. The Hall–Kier alpha value is -2.05. The van der Waals surface area contributed by atoms with Crippen LogP contribution in [0.2, 0.25) is 0 Å². The molecular formula is C19H25NO4S. The van der Waals surface area contributed by atoms with E-state index in [2.05, 4.69) is 4.72 Å². The molecule has 0 heterocycles. The van der Waals surface area contributed by atoms with Crippen molar-refractivity contribution in [2.75, 3.05) is 20.3 Å². The molecule has 0 aliphatic carbocycles. The van der Waals surface area contributed by atoms with Crippen molar-refractivity contribution in [3.8, 4) is 11.5 Å². The van der Waals surface area contributed by atoms with Gasteiger partial charge in [-0.25, -0.2) is 13.1 Å². The Morgan fingerprint density at radius 3 is 2.16 bits per heavy atom.